The summed E-state index contributed by atoms with van der Waals surface area (Å²) in [6, 6.07) is 10.3. The van der Waals surface area contributed by atoms with Crippen LogP contribution in [-0.2, 0) is 0 Å². The van der Waals surface area contributed by atoms with Crippen LogP contribution in [0.25, 0.3) is 4.96 Å². The third kappa shape index (κ3) is 4.18. The van der Waals surface area contributed by atoms with Gasteiger partial charge in [0.05, 0.1) is 37.9 Å². The van der Waals surface area contributed by atoms with Gasteiger partial charge in [-0.3, -0.25) is 4.90 Å². The predicted octanol–water partition coefficient (Wildman–Crippen LogP) is 3.88. The van der Waals surface area contributed by atoms with Crippen molar-refractivity contribution < 1.29 is 23.7 Å². The Morgan fingerprint density at radius 2 is 1.67 bits per heavy atom. The van der Waals surface area contributed by atoms with Crippen LogP contribution in [0, 0.1) is 12.7 Å². The molecule has 1 aliphatic rings. The molecule has 2 aromatic heterocycles. The van der Waals surface area contributed by atoms with Gasteiger partial charge in [-0.25, -0.2) is 9.37 Å². The Kier molecular flexibility index (Phi) is 6.59. The molecule has 190 valence electrons. The molecule has 36 heavy (non-hydrogen) atoms. The number of aromatic hydroxyl groups is 1. The molecule has 1 fully saturated rings. The van der Waals surface area contributed by atoms with E-state index < -0.39 is 0 Å². The number of aryl methyl sites for hydroxylation is 1. The van der Waals surface area contributed by atoms with E-state index in [-0.39, 0.29) is 17.7 Å². The molecule has 1 saturated heterocycles. The quantitative estimate of drug-likeness (QED) is 0.399. The van der Waals surface area contributed by atoms with E-state index in [2.05, 4.69) is 15.0 Å². The minimum atomic E-state index is -0.338. The van der Waals surface area contributed by atoms with Crippen molar-refractivity contribution in [2.75, 3.05) is 52.4 Å². The van der Waals surface area contributed by atoms with Crippen molar-refractivity contribution in [2.45, 2.75) is 13.0 Å². The summed E-state index contributed by atoms with van der Waals surface area (Å²) in [7, 11) is 4.72. The van der Waals surface area contributed by atoms with Crippen molar-refractivity contribution in [2.24, 2.45) is 0 Å². The fourth-order valence-corrected chi connectivity index (χ4v) is 5.91. The molecule has 4 aromatic rings. The van der Waals surface area contributed by atoms with Gasteiger partial charge in [0.2, 0.25) is 16.6 Å². The van der Waals surface area contributed by atoms with E-state index >= 15 is 0 Å². The number of hydrogen-bond donors (Lipinski definition) is 1. The van der Waals surface area contributed by atoms with E-state index in [9.17, 15) is 9.50 Å². The molecular formula is C25H28FN5O4S. The zero-order valence-corrected chi connectivity index (χ0v) is 21.4. The van der Waals surface area contributed by atoms with Crippen LogP contribution in [0.3, 0.4) is 0 Å². The average molecular weight is 514 g/mol. The van der Waals surface area contributed by atoms with E-state index in [1.165, 1.54) is 21.9 Å². The van der Waals surface area contributed by atoms with Gasteiger partial charge in [0, 0.05) is 26.2 Å². The average Bonchev–Trinajstić information content (AvgIpc) is 3.40. The van der Waals surface area contributed by atoms with Gasteiger partial charge in [-0.2, -0.15) is 4.52 Å². The van der Waals surface area contributed by atoms with Crippen LogP contribution in [0.5, 0.6) is 23.1 Å². The first-order valence-electron chi connectivity index (χ1n) is 11.5. The Labute approximate surface area is 212 Å². The van der Waals surface area contributed by atoms with Gasteiger partial charge >= 0.3 is 0 Å². The minimum absolute atomic E-state index is 0.0471. The number of benzene rings is 2. The lowest BCUT2D eigenvalue weighted by Gasteiger charge is -2.40. The van der Waals surface area contributed by atoms with Crippen LogP contribution in [-0.4, -0.2) is 72.1 Å². The molecule has 0 aliphatic carbocycles. The molecule has 1 aliphatic heterocycles. The van der Waals surface area contributed by atoms with Gasteiger partial charge in [-0.15, -0.1) is 5.10 Å². The Hall–Kier alpha value is -3.57. The van der Waals surface area contributed by atoms with Crippen LogP contribution in [0.1, 0.15) is 22.3 Å². The standard InChI is InChI=1S/C25H28FN5O4S/c1-15-27-25-31(28-15)24(32)23(36-25)21(16-13-19(33-2)22(35-4)20(14-16)34-3)30-11-9-29(10-12-30)18-8-6-5-7-17(18)26/h5-8,13-14,21,32H,9-12H2,1-4H3. The monoisotopic (exact) mass is 513 g/mol. The van der Waals surface area contributed by atoms with Crippen LogP contribution >= 0.6 is 11.3 Å². The maximum atomic E-state index is 14.4. The van der Waals surface area contributed by atoms with Gasteiger partial charge < -0.3 is 24.2 Å². The summed E-state index contributed by atoms with van der Waals surface area (Å²) in [5, 5.41) is 15.5. The summed E-state index contributed by atoms with van der Waals surface area (Å²) in [6.07, 6.45) is 0. The number of halogens is 1. The summed E-state index contributed by atoms with van der Waals surface area (Å²) in [6.45, 7) is 4.33. The number of thiazole rings is 1. The van der Waals surface area contributed by atoms with E-state index in [1.807, 2.05) is 23.1 Å². The van der Waals surface area contributed by atoms with Crippen LogP contribution < -0.4 is 19.1 Å². The first kappa shape index (κ1) is 24.1. The second-order valence-electron chi connectivity index (χ2n) is 8.48. The molecule has 9 nitrogen and oxygen atoms in total. The second-order valence-corrected chi connectivity index (χ2v) is 9.49. The van der Waals surface area contributed by atoms with Crippen LogP contribution in [0.2, 0.25) is 0 Å². The zero-order chi connectivity index (χ0) is 25.4. The number of methoxy groups -OCH3 is 3. The smallest absolute Gasteiger partial charge is 0.230 e. The number of fused-ring (bicyclic) bond motifs is 1. The molecule has 0 amide bonds. The number of ether oxygens (including phenoxy) is 3. The zero-order valence-electron chi connectivity index (χ0n) is 20.6. The summed E-state index contributed by atoms with van der Waals surface area (Å²) in [5.74, 6) is 1.95. The fraction of sp³-hybridized carbons (Fsp3) is 0.360. The largest absolute Gasteiger partial charge is 0.493 e. The highest BCUT2D eigenvalue weighted by atomic mass is 32.1. The number of aromatic nitrogens is 3. The summed E-state index contributed by atoms with van der Waals surface area (Å²) in [4.78, 5) is 10.1. The Bertz CT molecular complexity index is 1360. The first-order chi connectivity index (χ1) is 17.4. The van der Waals surface area contributed by atoms with Gasteiger partial charge in [0.25, 0.3) is 0 Å². The lowest BCUT2D eigenvalue weighted by molar-refractivity contribution is 0.209. The van der Waals surface area contributed by atoms with Gasteiger partial charge in [-0.1, -0.05) is 23.5 Å². The van der Waals surface area contributed by atoms with Gasteiger partial charge in [0.15, 0.2) is 11.5 Å². The number of hydrogen-bond acceptors (Lipinski definition) is 9. The highest BCUT2D eigenvalue weighted by Gasteiger charge is 2.33. The fourth-order valence-electron chi connectivity index (χ4n) is 4.74. The SMILES string of the molecule is COc1cc(C(c2sc3nc(C)nn3c2O)N2CCN(c3ccccc3F)CC2)cc(OC)c1OC. The van der Waals surface area contributed by atoms with Crippen molar-refractivity contribution >= 4 is 22.0 Å². The summed E-state index contributed by atoms with van der Waals surface area (Å²) < 4.78 is 32.6. The van der Waals surface area contributed by atoms with E-state index in [4.69, 9.17) is 14.2 Å². The number of nitrogens with zero attached hydrogens (tertiary/aromatic N) is 5. The highest BCUT2D eigenvalue weighted by molar-refractivity contribution is 7.17. The predicted molar refractivity (Wildman–Crippen MR) is 135 cm³/mol. The molecule has 1 unspecified atom stereocenters. The lowest BCUT2D eigenvalue weighted by Crippen LogP contribution is -2.48. The summed E-state index contributed by atoms with van der Waals surface area (Å²) in [5.41, 5.74) is 1.46. The molecule has 1 N–H and O–H groups in total. The molecule has 0 saturated carbocycles. The molecular weight excluding hydrogens is 485 g/mol. The molecule has 2 aromatic carbocycles. The van der Waals surface area contributed by atoms with Crippen molar-refractivity contribution in [1.82, 2.24) is 19.5 Å². The topological polar surface area (TPSA) is 84.6 Å². The summed E-state index contributed by atoms with van der Waals surface area (Å²) >= 11 is 1.39. The first-order valence-corrected chi connectivity index (χ1v) is 12.3. The molecule has 0 spiro atoms. The van der Waals surface area contributed by atoms with Crippen molar-refractivity contribution in [3.05, 3.63) is 58.5 Å². The third-order valence-corrected chi connectivity index (χ3v) is 7.50. The lowest BCUT2D eigenvalue weighted by atomic mass is 10.0. The molecule has 3 heterocycles. The minimum Gasteiger partial charge on any atom is -0.493 e. The van der Waals surface area contributed by atoms with Crippen LogP contribution in [0.4, 0.5) is 10.1 Å². The molecule has 11 heteroatoms. The van der Waals surface area contributed by atoms with Gasteiger partial charge in [-0.05, 0) is 36.8 Å². The maximum absolute atomic E-state index is 14.4. The van der Waals surface area contributed by atoms with E-state index in [1.54, 1.807) is 40.4 Å². The number of piperazine rings is 1. The van der Waals surface area contributed by atoms with Crippen molar-refractivity contribution in [1.29, 1.82) is 0 Å². The van der Waals surface area contributed by atoms with Crippen LogP contribution in [0.15, 0.2) is 36.4 Å². The number of anilines is 1. The molecule has 1 atom stereocenters. The normalized spacial score (nSPS) is 15.3. The maximum Gasteiger partial charge on any atom is 0.230 e. The Morgan fingerprint density at radius 1 is 1.00 bits per heavy atom. The van der Waals surface area contributed by atoms with Gasteiger partial charge in [0.1, 0.15) is 11.6 Å². The molecule has 0 radical (unpaired) electrons. The third-order valence-electron chi connectivity index (χ3n) is 6.43. The number of para-hydroxylation sites is 1. The Morgan fingerprint density at radius 3 is 2.25 bits per heavy atom. The van der Waals surface area contributed by atoms with Crippen molar-refractivity contribution in [3.8, 4) is 23.1 Å². The van der Waals surface area contributed by atoms with E-state index in [0.717, 1.165) is 5.56 Å². The number of rotatable bonds is 7. The highest BCUT2D eigenvalue weighted by Crippen LogP contribution is 2.46. The molecule has 0 bridgehead atoms. The molecule has 5 rings (SSSR count). The van der Waals surface area contributed by atoms with E-state index in [0.29, 0.717) is 64.8 Å². The van der Waals surface area contributed by atoms with Crippen molar-refractivity contribution in [3.63, 3.8) is 0 Å². The Balaban J connectivity index is 1.56. The second kappa shape index (κ2) is 9.82.